The molecule has 0 unspecified atom stereocenters. The Hall–Kier alpha value is -3.83. The number of aromatic nitrogens is 3. The van der Waals surface area contributed by atoms with E-state index in [1.54, 1.807) is 15.9 Å². The third-order valence-corrected chi connectivity index (χ3v) is 10.1. The average molecular weight is 596 g/mol. The number of para-hydroxylation sites is 2. The average Bonchev–Trinajstić information content (AvgIpc) is 3.57. The van der Waals surface area contributed by atoms with Crippen LogP contribution in [0.4, 0.5) is 5.13 Å². The number of benzene rings is 3. The van der Waals surface area contributed by atoms with Gasteiger partial charge in [-0.25, -0.2) is 9.97 Å². The van der Waals surface area contributed by atoms with E-state index in [9.17, 15) is 9.59 Å². The lowest BCUT2D eigenvalue weighted by molar-refractivity contribution is -0.113. The predicted octanol–water partition coefficient (Wildman–Crippen LogP) is 6.35. The SMILES string of the molecule is O=C(CSc1nc2sc3c(c2c(=O)n1-c1ccccc1)CCN(Cc1ccccc1)C3)Nc1nc2ccccc2s1. The Bertz CT molecular complexity index is 1900. The minimum atomic E-state index is -0.190. The summed E-state index contributed by atoms with van der Waals surface area (Å²) in [5, 5.41) is 4.68. The van der Waals surface area contributed by atoms with Crippen molar-refractivity contribution >= 4 is 65.9 Å². The van der Waals surface area contributed by atoms with Gasteiger partial charge in [0.2, 0.25) is 5.91 Å². The molecule has 0 aliphatic carbocycles. The van der Waals surface area contributed by atoms with Crippen LogP contribution in [0.1, 0.15) is 16.0 Å². The fraction of sp³-hybridized carbons (Fsp3) is 0.161. The van der Waals surface area contributed by atoms with Gasteiger partial charge in [-0.15, -0.1) is 11.3 Å². The first-order chi connectivity index (χ1) is 20.1. The van der Waals surface area contributed by atoms with Gasteiger partial charge in [-0.05, 0) is 41.8 Å². The van der Waals surface area contributed by atoms with Gasteiger partial charge in [0.05, 0.1) is 27.0 Å². The topological polar surface area (TPSA) is 80.1 Å². The smallest absolute Gasteiger partial charge is 0.267 e. The number of thiazole rings is 1. The number of nitrogens with one attached hydrogen (secondary N) is 1. The van der Waals surface area contributed by atoms with Crippen LogP contribution < -0.4 is 10.9 Å². The van der Waals surface area contributed by atoms with Crippen LogP contribution >= 0.6 is 34.4 Å². The van der Waals surface area contributed by atoms with E-state index < -0.39 is 0 Å². The molecule has 0 bridgehead atoms. The van der Waals surface area contributed by atoms with Crippen LogP contribution in [-0.2, 0) is 24.3 Å². The lowest BCUT2D eigenvalue weighted by atomic mass is 10.0. The fourth-order valence-corrected chi connectivity index (χ4v) is 8.16. The number of thioether (sulfide) groups is 1. The van der Waals surface area contributed by atoms with Gasteiger partial charge in [0.1, 0.15) is 4.83 Å². The zero-order valence-corrected chi connectivity index (χ0v) is 24.4. The van der Waals surface area contributed by atoms with Crippen LogP contribution in [0.3, 0.4) is 0 Å². The number of hydrogen-bond donors (Lipinski definition) is 1. The number of hydrogen-bond acceptors (Lipinski definition) is 8. The van der Waals surface area contributed by atoms with Crippen LogP contribution in [0.25, 0.3) is 26.1 Å². The summed E-state index contributed by atoms with van der Waals surface area (Å²) in [7, 11) is 0. The molecule has 7 rings (SSSR count). The summed E-state index contributed by atoms with van der Waals surface area (Å²) in [4.78, 5) is 40.8. The van der Waals surface area contributed by atoms with E-state index in [0.29, 0.717) is 15.7 Å². The minimum Gasteiger partial charge on any atom is -0.301 e. The molecule has 7 nitrogen and oxygen atoms in total. The highest BCUT2D eigenvalue weighted by molar-refractivity contribution is 7.99. The van der Waals surface area contributed by atoms with E-state index in [2.05, 4.69) is 39.5 Å². The van der Waals surface area contributed by atoms with Crippen LogP contribution in [0.15, 0.2) is 94.9 Å². The Balaban J connectivity index is 1.18. The van der Waals surface area contributed by atoms with Crippen LogP contribution in [-0.4, -0.2) is 37.6 Å². The number of thiophene rings is 1. The Kier molecular flexibility index (Phi) is 7.14. The van der Waals surface area contributed by atoms with E-state index in [4.69, 9.17) is 4.98 Å². The zero-order valence-electron chi connectivity index (χ0n) is 21.9. The second kappa shape index (κ2) is 11.2. The molecule has 0 spiro atoms. The van der Waals surface area contributed by atoms with Crippen molar-refractivity contribution in [3.8, 4) is 5.69 Å². The van der Waals surface area contributed by atoms with Gasteiger partial charge in [0.15, 0.2) is 10.3 Å². The predicted molar refractivity (Wildman–Crippen MR) is 168 cm³/mol. The Labute approximate surface area is 248 Å². The molecule has 10 heteroatoms. The van der Waals surface area contributed by atoms with Gasteiger partial charge in [-0.1, -0.05) is 83.8 Å². The largest absolute Gasteiger partial charge is 0.301 e. The summed E-state index contributed by atoms with van der Waals surface area (Å²) in [5.74, 6) is -0.0820. The molecule has 1 amide bonds. The normalized spacial score (nSPS) is 13.5. The molecule has 1 aliphatic rings. The van der Waals surface area contributed by atoms with Gasteiger partial charge in [0, 0.05) is 24.5 Å². The van der Waals surface area contributed by atoms with E-state index in [1.807, 2.05) is 60.7 Å². The summed E-state index contributed by atoms with van der Waals surface area (Å²) in [6, 6.07) is 27.8. The molecule has 1 N–H and O–H groups in total. The molecule has 0 atom stereocenters. The first kappa shape index (κ1) is 26.1. The number of amides is 1. The maximum Gasteiger partial charge on any atom is 0.267 e. The van der Waals surface area contributed by atoms with Crippen LogP contribution in [0.2, 0.25) is 0 Å². The molecule has 3 aromatic carbocycles. The van der Waals surface area contributed by atoms with E-state index >= 15 is 0 Å². The highest BCUT2D eigenvalue weighted by Gasteiger charge is 2.26. The van der Waals surface area contributed by atoms with Crippen molar-refractivity contribution < 1.29 is 4.79 Å². The van der Waals surface area contributed by atoms with Crippen molar-refractivity contribution in [1.29, 1.82) is 0 Å². The third-order valence-electron chi connectivity index (χ3n) is 7.06. The molecule has 6 aromatic rings. The summed E-state index contributed by atoms with van der Waals surface area (Å²) in [6.07, 6.45) is 0.810. The van der Waals surface area contributed by atoms with Gasteiger partial charge < -0.3 is 5.32 Å². The Morgan fingerprint density at radius 2 is 1.68 bits per heavy atom. The van der Waals surface area contributed by atoms with E-state index in [1.165, 1.54) is 33.5 Å². The molecule has 41 heavy (non-hydrogen) atoms. The molecular formula is C31H25N5O2S3. The molecule has 204 valence electrons. The number of carbonyl (C=O) groups is 1. The van der Waals surface area contributed by atoms with E-state index in [-0.39, 0.29) is 17.2 Å². The van der Waals surface area contributed by atoms with Crippen molar-refractivity contribution in [3.05, 3.63) is 111 Å². The third kappa shape index (κ3) is 5.31. The second-order valence-corrected chi connectivity index (χ2v) is 12.9. The molecule has 4 heterocycles. The quantitative estimate of drug-likeness (QED) is 0.171. The molecular weight excluding hydrogens is 571 g/mol. The summed E-state index contributed by atoms with van der Waals surface area (Å²) in [6.45, 7) is 2.56. The molecule has 0 saturated heterocycles. The Morgan fingerprint density at radius 1 is 0.927 bits per heavy atom. The van der Waals surface area contributed by atoms with Crippen LogP contribution in [0, 0.1) is 0 Å². The van der Waals surface area contributed by atoms with Gasteiger partial charge >= 0.3 is 0 Å². The second-order valence-electron chi connectivity index (χ2n) is 9.82. The zero-order chi connectivity index (χ0) is 27.8. The lowest BCUT2D eigenvalue weighted by Crippen LogP contribution is -2.30. The molecule has 3 aromatic heterocycles. The maximum absolute atomic E-state index is 14.1. The number of fused-ring (bicyclic) bond motifs is 4. The molecule has 1 aliphatic heterocycles. The van der Waals surface area contributed by atoms with Crippen molar-refractivity contribution in [2.45, 2.75) is 24.7 Å². The van der Waals surface area contributed by atoms with Crippen molar-refractivity contribution in [1.82, 2.24) is 19.4 Å². The summed E-state index contributed by atoms with van der Waals surface area (Å²) in [5.41, 5.74) is 3.91. The number of rotatable bonds is 7. The lowest BCUT2D eigenvalue weighted by Gasteiger charge is -2.26. The highest BCUT2D eigenvalue weighted by Crippen LogP contribution is 2.35. The standard InChI is InChI=1S/C31H25N5O2S3/c37-26(33-30-32-23-13-7-8-14-24(23)41-30)19-39-31-34-28-27(29(38)36(31)21-11-5-2-6-12-21)22-15-16-35(18-25(22)40-28)17-20-9-3-1-4-10-20/h1-14H,15-19H2,(H,32,33,37). The number of nitrogens with zero attached hydrogens (tertiary/aromatic N) is 4. The van der Waals surface area contributed by atoms with Crippen LogP contribution in [0.5, 0.6) is 0 Å². The Morgan fingerprint density at radius 3 is 2.49 bits per heavy atom. The van der Waals surface area contributed by atoms with Crippen molar-refractivity contribution in [3.63, 3.8) is 0 Å². The number of carbonyl (C=O) groups excluding carboxylic acids is 1. The van der Waals surface area contributed by atoms with Gasteiger partial charge in [-0.2, -0.15) is 0 Å². The van der Waals surface area contributed by atoms with E-state index in [0.717, 1.165) is 52.4 Å². The molecule has 0 radical (unpaired) electrons. The van der Waals surface area contributed by atoms with Crippen molar-refractivity contribution in [2.75, 3.05) is 17.6 Å². The minimum absolute atomic E-state index is 0.0794. The number of anilines is 1. The molecule has 0 saturated carbocycles. The fourth-order valence-electron chi connectivity index (χ4n) is 5.17. The highest BCUT2D eigenvalue weighted by atomic mass is 32.2. The van der Waals surface area contributed by atoms with Gasteiger partial charge in [0.25, 0.3) is 5.56 Å². The monoisotopic (exact) mass is 595 g/mol. The maximum atomic E-state index is 14.1. The first-order valence-electron chi connectivity index (χ1n) is 13.3. The summed E-state index contributed by atoms with van der Waals surface area (Å²) < 4.78 is 2.67. The first-order valence-corrected chi connectivity index (χ1v) is 15.9. The van der Waals surface area contributed by atoms with Gasteiger partial charge in [-0.3, -0.25) is 19.1 Å². The summed E-state index contributed by atoms with van der Waals surface area (Å²) >= 11 is 4.31. The molecule has 0 fully saturated rings. The van der Waals surface area contributed by atoms with Crippen molar-refractivity contribution in [2.24, 2.45) is 0 Å².